The average molecular weight is 528 g/mol. The number of nitrogens with one attached hydrogen (secondary N) is 1. The zero-order valence-corrected chi connectivity index (χ0v) is 21.5. The fraction of sp³-hybridized carbons (Fsp3) is 0.133. The molecule has 0 fully saturated rings. The van der Waals surface area contributed by atoms with E-state index >= 15 is 0 Å². The summed E-state index contributed by atoms with van der Waals surface area (Å²) in [6.45, 7) is 1.62. The van der Waals surface area contributed by atoms with Crippen molar-refractivity contribution in [3.63, 3.8) is 0 Å². The Hall–Kier alpha value is -3.26. The second-order valence-electron chi connectivity index (χ2n) is 8.64. The van der Waals surface area contributed by atoms with Crippen molar-refractivity contribution >= 4 is 67.1 Å². The van der Waals surface area contributed by atoms with Gasteiger partial charge in [0.1, 0.15) is 22.7 Å². The summed E-state index contributed by atoms with van der Waals surface area (Å²) in [5.74, 6) is 1.10. The van der Waals surface area contributed by atoms with Crippen LogP contribution < -0.4 is 5.32 Å². The van der Waals surface area contributed by atoms with E-state index in [0.717, 1.165) is 67.0 Å². The summed E-state index contributed by atoms with van der Waals surface area (Å²) in [6, 6.07) is 26.1. The summed E-state index contributed by atoms with van der Waals surface area (Å²) >= 11 is 3.44. The molecule has 2 heterocycles. The van der Waals surface area contributed by atoms with Gasteiger partial charge in [-0.2, -0.15) is 0 Å². The van der Waals surface area contributed by atoms with Gasteiger partial charge >= 0.3 is 0 Å². The molecule has 184 valence electrons. The molecule has 6 rings (SSSR count). The zero-order valence-electron chi connectivity index (χ0n) is 19.9. The predicted molar refractivity (Wildman–Crippen MR) is 153 cm³/mol. The van der Waals surface area contributed by atoms with E-state index in [1.54, 1.807) is 35.7 Å². The molecule has 0 aliphatic heterocycles. The van der Waals surface area contributed by atoms with Crippen molar-refractivity contribution in [2.24, 2.45) is 0 Å². The van der Waals surface area contributed by atoms with Crippen molar-refractivity contribution in [1.29, 1.82) is 0 Å². The minimum Gasteiger partial charge on any atom is -0.315 e. The summed E-state index contributed by atoms with van der Waals surface area (Å²) < 4.78 is 28.9. The van der Waals surface area contributed by atoms with E-state index in [-0.39, 0.29) is 11.6 Å². The topological polar surface area (TPSA) is 37.8 Å². The van der Waals surface area contributed by atoms with E-state index in [1.807, 2.05) is 60.7 Å². The third kappa shape index (κ3) is 4.75. The Morgan fingerprint density at radius 1 is 0.541 bits per heavy atom. The fourth-order valence-corrected chi connectivity index (χ4v) is 6.77. The largest absolute Gasteiger partial charge is 0.315 e. The van der Waals surface area contributed by atoms with Gasteiger partial charge in [-0.25, -0.2) is 18.7 Å². The Kier molecular flexibility index (Phi) is 6.91. The molecule has 0 bridgehead atoms. The van der Waals surface area contributed by atoms with Crippen molar-refractivity contribution in [3.8, 4) is 0 Å². The van der Waals surface area contributed by atoms with Gasteiger partial charge in [-0.3, -0.25) is 0 Å². The third-order valence-electron chi connectivity index (χ3n) is 6.28. The van der Waals surface area contributed by atoms with Crippen LogP contribution in [0.3, 0.4) is 0 Å². The van der Waals surface area contributed by atoms with E-state index in [4.69, 9.17) is 0 Å². The van der Waals surface area contributed by atoms with Gasteiger partial charge in [0.2, 0.25) is 0 Å². The van der Waals surface area contributed by atoms with E-state index in [1.165, 1.54) is 12.1 Å². The fourth-order valence-electron chi connectivity index (χ4n) is 4.57. The number of aromatic nitrogens is 2. The molecule has 0 amide bonds. The van der Waals surface area contributed by atoms with Crippen LogP contribution in [0.25, 0.3) is 43.6 Å². The van der Waals surface area contributed by atoms with Gasteiger partial charge in [-0.1, -0.05) is 60.7 Å². The summed E-state index contributed by atoms with van der Waals surface area (Å²) in [4.78, 5) is 11.2. The molecule has 0 radical (unpaired) electrons. The minimum absolute atomic E-state index is 0.295. The smallest absolute Gasteiger partial charge is 0.149 e. The summed E-state index contributed by atoms with van der Waals surface area (Å²) in [7, 11) is 0. The quantitative estimate of drug-likeness (QED) is 0.124. The van der Waals surface area contributed by atoms with Gasteiger partial charge in [0, 0.05) is 55.9 Å². The standard InChI is InChI=1S/C30H23F2N3S2/c31-23-11-5-9-21-27(23)34-25-13-3-1-7-19(25)29(21)36-17-15-33-16-18-37-30-20-8-2-4-14-26(20)35-28-22(30)10-6-12-24(28)32/h1-14,33H,15-18H2. The highest BCUT2D eigenvalue weighted by Crippen LogP contribution is 2.36. The normalized spacial score (nSPS) is 11.7. The van der Waals surface area contributed by atoms with Gasteiger partial charge in [0.25, 0.3) is 0 Å². The second-order valence-corrected chi connectivity index (χ2v) is 10.8. The van der Waals surface area contributed by atoms with Gasteiger partial charge < -0.3 is 5.32 Å². The average Bonchev–Trinajstić information content (AvgIpc) is 2.92. The molecule has 0 unspecified atom stereocenters. The number of fused-ring (bicyclic) bond motifs is 4. The summed E-state index contributed by atoms with van der Waals surface area (Å²) in [5, 5.41) is 7.31. The lowest BCUT2D eigenvalue weighted by Crippen LogP contribution is -2.20. The number of nitrogens with zero attached hydrogens (tertiary/aromatic N) is 2. The molecule has 7 heteroatoms. The van der Waals surface area contributed by atoms with Crippen molar-refractivity contribution in [3.05, 3.63) is 96.6 Å². The van der Waals surface area contributed by atoms with Crippen molar-refractivity contribution in [2.75, 3.05) is 24.6 Å². The van der Waals surface area contributed by atoms with Crippen LogP contribution in [0.4, 0.5) is 8.78 Å². The highest BCUT2D eigenvalue weighted by molar-refractivity contribution is 8.00. The number of halogens is 2. The minimum atomic E-state index is -0.295. The van der Waals surface area contributed by atoms with Crippen LogP contribution in [0.15, 0.2) is 94.7 Å². The van der Waals surface area contributed by atoms with Gasteiger partial charge in [0.05, 0.1) is 11.0 Å². The first-order chi connectivity index (χ1) is 18.2. The SMILES string of the molecule is Fc1cccc2c(SCCNCCSc3c4ccccc4nc4c(F)cccc34)c3ccccc3nc12. The molecule has 0 saturated heterocycles. The first-order valence-corrected chi connectivity index (χ1v) is 14.1. The van der Waals surface area contributed by atoms with Crippen LogP contribution >= 0.6 is 23.5 Å². The number of rotatable bonds is 8. The predicted octanol–water partition coefficient (Wildman–Crippen LogP) is 7.84. The molecule has 3 nitrogen and oxygen atoms in total. The molecule has 37 heavy (non-hydrogen) atoms. The molecule has 0 saturated carbocycles. The van der Waals surface area contributed by atoms with Gasteiger partial charge in [-0.15, -0.1) is 23.5 Å². The van der Waals surface area contributed by atoms with Crippen LogP contribution in [-0.4, -0.2) is 34.6 Å². The summed E-state index contributed by atoms with van der Waals surface area (Å²) in [5.41, 5.74) is 2.45. The Morgan fingerprint density at radius 3 is 1.46 bits per heavy atom. The van der Waals surface area contributed by atoms with E-state index in [9.17, 15) is 8.78 Å². The maximum absolute atomic E-state index is 14.5. The Morgan fingerprint density at radius 2 is 0.973 bits per heavy atom. The highest BCUT2D eigenvalue weighted by atomic mass is 32.2. The van der Waals surface area contributed by atoms with Crippen LogP contribution in [0, 0.1) is 11.6 Å². The third-order valence-corrected chi connectivity index (χ3v) is 8.55. The molecule has 4 aromatic carbocycles. The summed E-state index contributed by atoms with van der Waals surface area (Å²) in [6.07, 6.45) is 0. The van der Waals surface area contributed by atoms with E-state index in [2.05, 4.69) is 15.3 Å². The first-order valence-electron chi connectivity index (χ1n) is 12.1. The first kappa shape index (κ1) is 24.1. The second kappa shape index (κ2) is 10.6. The highest BCUT2D eigenvalue weighted by Gasteiger charge is 2.13. The Labute approximate surface area is 221 Å². The number of thioether (sulfide) groups is 2. The lowest BCUT2D eigenvalue weighted by Gasteiger charge is -2.12. The van der Waals surface area contributed by atoms with Crippen LogP contribution in [0.1, 0.15) is 0 Å². The molecule has 0 aliphatic rings. The molecular weight excluding hydrogens is 504 g/mol. The number of para-hydroxylation sites is 4. The molecule has 0 spiro atoms. The monoisotopic (exact) mass is 527 g/mol. The van der Waals surface area contributed by atoms with Crippen molar-refractivity contribution < 1.29 is 8.78 Å². The molecule has 6 aromatic rings. The molecular formula is C30H23F2N3S2. The van der Waals surface area contributed by atoms with E-state index < -0.39 is 0 Å². The Balaban J connectivity index is 1.12. The lowest BCUT2D eigenvalue weighted by molar-refractivity contribution is 0.636. The van der Waals surface area contributed by atoms with Crippen molar-refractivity contribution in [2.45, 2.75) is 9.79 Å². The van der Waals surface area contributed by atoms with Crippen LogP contribution in [0.5, 0.6) is 0 Å². The zero-order chi connectivity index (χ0) is 25.2. The van der Waals surface area contributed by atoms with Gasteiger partial charge in [-0.05, 0) is 24.3 Å². The van der Waals surface area contributed by atoms with Gasteiger partial charge in [0.15, 0.2) is 0 Å². The maximum Gasteiger partial charge on any atom is 0.149 e. The Bertz CT molecular complexity index is 1630. The molecule has 2 aromatic heterocycles. The number of pyridine rings is 2. The number of hydrogen-bond acceptors (Lipinski definition) is 5. The molecule has 0 aliphatic carbocycles. The van der Waals surface area contributed by atoms with Crippen LogP contribution in [0.2, 0.25) is 0 Å². The van der Waals surface area contributed by atoms with Crippen molar-refractivity contribution in [1.82, 2.24) is 15.3 Å². The molecule has 0 atom stereocenters. The molecule has 1 N–H and O–H groups in total. The lowest BCUT2D eigenvalue weighted by atomic mass is 10.1. The van der Waals surface area contributed by atoms with E-state index in [0.29, 0.717) is 11.0 Å². The number of hydrogen-bond donors (Lipinski definition) is 1. The number of benzene rings is 4. The van der Waals surface area contributed by atoms with Crippen LogP contribution in [-0.2, 0) is 0 Å². The maximum atomic E-state index is 14.5.